The Morgan fingerprint density at radius 1 is 0.906 bits per heavy atom. The van der Waals surface area contributed by atoms with Crippen molar-refractivity contribution in [3.8, 4) is 0 Å². The molecule has 1 aromatic carbocycles. The van der Waals surface area contributed by atoms with Crippen LogP contribution in [-0.4, -0.2) is 29.1 Å². The highest BCUT2D eigenvalue weighted by Gasteiger charge is 2.57. The molecule has 4 aliphatic rings. The number of hydrogen-bond donors (Lipinski definition) is 0. The number of benzene rings is 1. The van der Waals surface area contributed by atoms with Crippen LogP contribution in [0.15, 0.2) is 30.3 Å². The van der Waals surface area contributed by atoms with Crippen molar-refractivity contribution in [1.82, 2.24) is 4.67 Å². The molecule has 32 heavy (non-hydrogen) atoms. The third-order valence-electron chi connectivity index (χ3n) is 8.12. The molecule has 0 unspecified atom stereocenters. The predicted octanol–water partition coefficient (Wildman–Crippen LogP) is 8.11. The van der Waals surface area contributed by atoms with Crippen LogP contribution in [0.4, 0.5) is 0 Å². The van der Waals surface area contributed by atoms with Gasteiger partial charge in [-0.15, -0.1) is 0 Å². The van der Waals surface area contributed by atoms with E-state index >= 15 is 0 Å². The van der Waals surface area contributed by atoms with E-state index in [2.05, 4.69) is 43.0 Å². The maximum absolute atomic E-state index is 14.6. The molecule has 5 heteroatoms. The van der Waals surface area contributed by atoms with Crippen LogP contribution in [-0.2, 0) is 9.09 Å². The second-order valence-electron chi connectivity index (χ2n) is 10.1. The summed E-state index contributed by atoms with van der Waals surface area (Å²) in [5, 5.41) is 0. The summed E-state index contributed by atoms with van der Waals surface area (Å²) >= 11 is 0. The van der Waals surface area contributed by atoms with Gasteiger partial charge in [0.05, 0.1) is 5.66 Å². The summed E-state index contributed by atoms with van der Waals surface area (Å²) < 4.78 is 23.2. The molecule has 4 fully saturated rings. The van der Waals surface area contributed by atoms with Crippen molar-refractivity contribution < 1.29 is 9.09 Å². The molecule has 0 aromatic heterocycles. The van der Waals surface area contributed by atoms with E-state index in [9.17, 15) is 4.57 Å². The lowest BCUT2D eigenvalue weighted by Crippen LogP contribution is -2.27. The van der Waals surface area contributed by atoms with Crippen LogP contribution in [0.3, 0.4) is 0 Å². The summed E-state index contributed by atoms with van der Waals surface area (Å²) in [5.41, 5.74) is 5.15. The predicted molar refractivity (Wildman–Crippen MR) is 135 cm³/mol. The van der Waals surface area contributed by atoms with Crippen LogP contribution < -0.4 is 0 Å². The lowest BCUT2D eigenvalue weighted by Gasteiger charge is -2.44. The van der Waals surface area contributed by atoms with Gasteiger partial charge >= 0.3 is 0 Å². The zero-order valence-corrected chi connectivity index (χ0v) is 21.4. The first kappa shape index (κ1) is 23.5. The molecule has 5 radical (unpaired) electrons. The molecule has 0 N–H and O–H groups in total. The van der Waals surface area contributed by atoms with Gasteiger partial charge in [-0.3, -0.25) is 4.57 Å². The van der Waals surface area contributed by atoms with E-state index in [0.717, 1.165) is 22.5 Å². The Kier molecular flexibility index (Phi) is 7.50. The number of nitrogens with zero attached hydrogens (tertiary/aromatic N) is 1. The molecule has 3 aliphatic carbocycles. The topological polar surface area (TPSA) is 29.5 Å². The Morgan fingerprint density at radius 3 is 2.09 bits per heavy atom. The molecule has 3 atom stereocenters. The first-order valence-corrected chi connectivity index (χ1v) is 15.8. The smallest absolute Gasteiger partial charge is 0.281 e. The van der Waals surface area contributed by atoms with Gasteiger partial charge in [-0.25, -0.2) is 4.67 Å². The Bertz CT molecular complexity index is 772. The minimum atomic E-state index is -3.09. The van der Waals surface area contributed by atoms with E-state index < -0.39 is 7.52 Å². The maximum Gasteiger partial charge on any atom is 0.281 e. The first-order valence-electron chi connectivity index (χ1n) is 12.7. The number of likely N-dealkylation sites (N-methyl/N-ethyl adjacent to an activating group) is 1. The maximum atomic E-state index is 14.6. The molecule has 3 saturated carbocycles. The molecular formula is C27H38NO2P2. The van der Waals surface area contributed by atoms with Crippen LogP contribution in [0.2, 0.25) is 0 Å². The quantitative estimate of drug-likeness (QED) is 0.407. The average Bonchev–Trinajstić information content (AvgIpc) is 3.41. The second kappa shape index (κ2) is 10.2. The van der Waals surface area contributed by atoms with Crippen LogP contribution in [0.25, 0.3) is 0 Å². The Balaban J connectivity index is 1.43. The molecule has 173 valence electrons. The normalized spacial score (nSPS) is 34.6. The Hall–Kier alpha value is -0.200. The Morgan fingerprint density at radius 2 is 1.50 bits per heavy atom. The largest absolute Gasteiger partial charge is 0.307 e. The van der Waals surface area contributed by atoms with Crippen LogP contribution in [0.1, 0.15) is 82.8 Å². The average molecular weight is 471 g/mol. The standard InChI is InChI=1S/C27H38NO2P2/c1-21-27(22-13-6-3-7-14-22)30-32(29,28(21)2)26-20-12-19-25(26)31(23-15-8-4-9-16-23)24-17-10-5-11-18-24/h3,6-7,12-14,19-21,23-24,27H,4-5,8-11,15-18H2,1-2H3/t21-,27-,32+/m0/s1. The van der Waals surface area contributed by atoms with Gasteiger partial charge in [-0.2, -0.15) is 0 Å². The summed E-state index contributed by atoms with van der Waals surface area (Å²) in [6, 6.07) is 10.4. The fourth-order valence-electron chi connectivity index (χ4n) is 6.23. The van der Waals surface area contributed by atoms with E-state index in [1.807, 2.05) is 25.2 Å². The highest BCUT2D eigenvalue weighted by molar-refractivity contribution is 7.67. The monoisotopic (exact) mass is 470 g/mol. The van der Waals surface area contributed by atoms with Gasteiger partial charge in [0.15, 0.2) is 0 Å². The van der Waals surface area contributed by atoms with E-state index in [1.54, 1.807) is 0 Å². The molecule has 1 aliphatic heterocycles. The third kappa shape index (κ3) is 4.42. The molecular weight excluding hydrogens is 432 g/mol. The van der Waals surface area contributed by atoms with Crippen molar-refractivity contribution in [2.24, 2.45) is 0 Å². The van der Waals surface area contributed by atoms with Gasteiger partial charge in [-0.1, -0.05) is 76.8 Å². The van der Waals surface area contributed by atoms with Crippen LogP contribution in [0, 0.1) is 30.6 Å². The summed E-state index contributed by atoms with van der Waals surface area (Å²) in [7, 11) is -1.38. The van der Waals surface area contributed by atoms with E-state index in [1.165, 1.54) is 69.9 Å². The Labute approximate surface area is 197 Å². The molecule has 1 saturated heterocycles. The van der Waals surface area contributed by atoms with E-state index in [0.29, 0.717) is 0 Å². The molecule has 5 rings (SSSR count). The summed E-state index contributed by atoms with van der Waals surface area (Å²) in [6.07, 6.45) is 20.1. The molecule has 0 amide bonds. The van der Waals surface area contributed by atoms with Gasteiger partial charge in [-0.05, 0) is 75.8 Å². The van der Waals surface area contributed by atoms with Gasteiger partial charge < -0.3 is 4.52 Å². The minimum Gasteiger partial charge on any atom is -0.307 e. The van der Waals surface area contributed by atoms with Crippen molar-refractivity contribution in [3.05, 3.63) is 66.5 Å². The van der Waals surface area contributed by atoms with E-state index in [4.69, 9.17) is 4.52 Å². The zero-order chi connectivity index (χ0) is 22.1. The SMILES string of the molecule is C[C@H]1[C@@H](c2ccccc2)O[P@](=O)([C]2[CH][CH][CH][C]2P(C2CCCCC2)C2CCCCC2)N1C. The van der Waals surface area contributed by atoms with Gasteiger partial charge in [0, 0.05) is 11.7 Å². The summed E-state index contributed by atoms with van der Waals surface area (Å²) in [5.74, 6) is 0. The van der Waals surface area contributed by atoms with Crippen LogP contribution >= 0.6 is 15.4 Å². The fourth-order valence-corrected chi connectivity index (χ4v) is 13.2. The molecule has 3 nitrogen and oxygen atoms in total. The second-order valence-corrected chi connectivity index (χ2v) is 15.2. The first-order chi connectivity index (χ1) is 15.6. The zero-order valence-electron chi connectivity index (χ0n) is 19.7. The van der Waals surface area contributed by atoms with Crippen LogP contribution in [0.5, 0.6) is 0 Å². The lowest BCUT2D eigenvalue weighted by atomic mass is 9.99. The van der Waals surface area contributed by atoms with Crippen molar-refractivity contribution in [1.29, 1.82) is 0 Å². The molecule has 1 heterocycles. The summed E-state index contributed by atoms with van der Waals surface area (Å²) in [6.45, 7) is 2.16. The number of rotatable bonds is 5. The summed E-state index contributed by atoms with van der Waals surface area (Å²) in [4.78, 5) is 0. The lowest BCUT2D eigenvalue weighted by molar-refractivity contribution is 0.211. The highest BCUT2D eigenvalue weighted by atomic mass is 31.2. The number of hydrogen-bond acceptors (Lipinski definition) is 2. The van der Waals surface area contributed by atoms with E-state index in [-0.39, 0.29) is 20.1 Å². The minimum absolute atomic E-state index is 0.0848. The molecule has 0 spiro atoms. The third-order valence-corrected chi connectivity index (χ3v) is 14.6. The van der Waals surface area contributed by atoms with Crippen molar-refractivity contribution >= 4 is 15.4 Å². The van der Waals surface area contributed by atoms with Gasteiger partial charge in [0.2, 0.25) is 0 Å². The van der Waals surface area contributed by atoms with Crippen molar-refractivity contribution in [3.63, 3.8) is 0 Å². The molecule has 1 aromatic rings. The van der Waals surface area contributed by atoms with Crippen molar-refractivity contribution in [2.75, 3.05) is 7.05 Å². The van der Waals surface area contributed by atoms with Crippen molar-refractivity contribution in [2.45, 2.75) is 94.6 Å². The highest BCUT2D eigenvalue weighted by Crippen LogP contribution is 2.79. The van der Waals surface area contributed by atoms with Gasteiger partial charge in [0.25, 0.3) is 7.52 Å². The molecule has 0 bridgehead atoms. The fraction of sp³-hybridized carbons (Fsp3) is 0.593. The van der Waals surface area contributed by atoms with Gasteiger partial charge in [0.1, 0.15) is 6.10 Å².